The molecule has 2 aliphatic rings. The van der Waals surface area contributed by atoms with Crippen LogP contribution < -0.4 is 5.32 Å². The van der Waals surface area contributed by atoms with E-state index in [2.05, 4.69) is 31.3 Å². The molecule has 1 N–H and O–H groups in total. The van der Waals surface area contributed by atoms with Gasteiger partial charge in [-0.05, 0) is 72.9 Å². The maximum atomic E-state index is 13.0. The Kier molecular flexibility index (Phi) is 5.98. The van der Waals surface area contributed by atoms with Gasteiger partial charge in [0.1, 0.15) is 0 Å². The summed E-state index contributed by atoms with van der Waals surface area (Å²) < 4.78 is 27.7. The molecule has 2 aromatic carbocycles. The van der Waals surface area contributed by atoms with Crippen molar-refractivity contribution in [3.63, 3.8) is 0 Å². The van der Waals surface area contributed by atoms with Gasteiger partial charge in [-0.25, -0.2) is 8.42 Å². The topological polar surface area (TPSA) is 66.5 Å². The molecule has 1 aliphatic heterocycles. The lowest BCUT2D eigenvalue weighted by molar-refractivity contribution is 0.0932. The van der Waals surface area contributed by atoms with Crippen LogP contribution in [0.1, 0.15) is 60.6 Å². The summed E-state index contributed by atoms with van der Waals surface area (Å²) in [7, 11) is -3.54. The van der Waals surface area contributed by atoms with Gasteiger partial charge in [-0.1, -0.05) is 38.1 Å². The van der Waals surface area contributed by atoms with Gasteiger partial charge in [0.2, 0.25) is 10.0 Å². The quantitative estimate of drug-likeness (QED) is 0.798. The second kappa shape index (κ2) is 8.52. The van der Waals surface area contributed by atoms with Crippen LogP contribution in [0, 0.1) is 11.8 Å². The van der Waals surface area contributed by atoms with E-state index >= 15 is 0 Å². The van der Waals surface area contributed by atoms with Crippen LogP contribution >= 0.6 is 0 Å². The van der Waals surface area contributed by atoms with Crippen molar-refractivity contribution in [3.8, 4) is 0 Å². The molecule has 4 rings (SSSR count). The van der Waals surface area contributed by atoms with Crippen LogP contribution in [-0.2, 0) is 16.4 Å². The van der Waals surface area contributed by atoms with Crippen LogP contribution in [0.15, 0.2) is 53.4 Å². The molecule has 1 fully saturated rings. The molecule has 0 bridgehead atoms. The molecule has 5 nitrogen and oxygen atoms in total. The van der Waals surface area contributed by atoms with E-state index in [4.69, 9.17) is 0 Å². The van der Waals surface area contributed by atoms with Gasteiger partial charge in [0.05, 0.1) is 10.9 Å². The zero-order valence-electron chi connectivity index (χ0n) is 17.7. The van der Waals surface area contributed by atoms with Gasteiger partial charge < -0.3 is 5.32 Å². The van der Waals surface area contributed by atoms with Gasteiger partial charge in [0.25, 0.3) is 5.91 Å². The number of nitrogens with zero attached hydrogens (tertiary/aromatic N) is 1. The number of hydrogen-bond donors (Lipinski definition) is 1. The van der Waals surface area contributed by atoms with Crippen LogP contribution in [0.5, 0.6) is 0 Å². The summed E-state index contributed by atoms with van der Waals surface area (Å²) in [6, 6.07) is 14.6. The lowest BCUT2D eigenvalue weighted by Gasteiger charge is -2.34. The molecule has 1 saturated heterocycles. The molecule has 1 heterocycles. The molecule has 0 radical (unpaired) electrons. The molecule has 30 heavy (non-hydrogen) atoms. The Morgan fingerprint density at radius 2 is 1.67 bits per heavy atom. The van der Waals surface area contributed by atoms with Crippen LogP contribution in [-0.4, -0.2) is 31.7 Å². The molecule has 3 atom stereocenters. The monoisotopic (exact) mass is 426 g/mol. The first-order valence-corrected chi connectivity index (χ1v) is 12.3. The van der Waals surface area contributed by atoms with Crippen molar-refractivity contribution in [2.45, 2.75) is 50.5 Å². The summed E-state index contributed by atoms with van der Waals surface area (Å²) in [6.45, 7) is 5.29. The zero-order chi connectivity index (χ0) is 21.3. The standard InChI is InChI=1S/C24H30N2O3S/c1-17-14-18(2)16-26(15-17)30(28,29)21-12-10-20(11-13-21)24(27)25-23-9-5-7-19-6-3-4-8-22(19)23/h3-4,6,8,10-13,17-18,23H,5,7,9,14-16H2,1-2H3,(H,25,27)/t17-,18-,23+/m0/s1. The van der Waals surface area contributed by atoms with Crippen molar-refractivity contribution >= 4 is 15.9 Å². The second-order valence-corrected chi connectivity index (χ2v) is 10.8. The predicted molar refractivity (Wildman–Crippen MR) is 118 cm³/mol. The average Bonchev–Trinajstić information content (AvgIpc) is 2.73. The number of amides is 1. The second-order valence-electron chi connectivity index (χ2n) is 8.91. The third-order valence-corrected chi connectivity index (χ3v) is 8.11. The highest BCUT2D eigenvalue weighted by Gasteiger charge is 2.31. The van der Waals surface area contributed by atoms with Crippen molar-refractivity contribution in [2.24, 2.45) is 11.8 Å². The molecule has 1 amide bonds. The Labute approximate surface area is 179 Å². The van der Waals surface area contributed by atoms with Crippen molar-refractivity contribution in [1.29, 1.82) is 0 Å². The summed E-state index contributed by atoms with van der Waals surface area (Å²) in [6.07, 6.45) is 4.06. The van der Waals surface area contributed by atoms with Gasteiger partial charge in [0.15, 0.2) is 0 Å². The Hall–Kier alpha value is -2.18. The third-order valence-electron chi connectivity index (χ3n) is 6.26. The van der Waals surface area contributed by atoms with E-state index in [9.17, 15) is 13.2 Å². The van der Waals surface area contributed by atoms with E-state index in [0.717, 1.165) is 25.7 Å². The van der Waals surface area contributed by atoms with Crippen LogP contribution in [0.3, 0.4) is 0 Å². The fourth-order valence-corrected chi connectivity index (χ4v) is 6.55. The van der Waals surface area contributed by atoms with Gasteiger partial charge in [-0.3, -0.25) is 4.79 Å². The highest BCUT2D eigenvalue weighted by Crippen LogP contribution is 2.30. The van der Waals surface area contributed by atoms with Crippen molar-refractivity contribution in [2.75, 3.05) is 13.1 Å². The maximum Gasteiger partial charge on any atom is 0.251 e. The molecule has 0 aromatic heterocycles. The fraction of sp³-hybridized carbons (Fsp3) is 0.458. The number of carbonyl (C=O) groups excluding carboxylic acids is 1. The number of hydrogen-bond acceptors (Lipinski definition) is 3. The molecule has 0 spiro atoms. The lowest BCUT2D eigenvalue weighted by Crippen LogP contribution is -2.42. The van der Waals surface area contributed by atoms with Gasteiger partial charge in [0, 0.05) is 18.7 Å². The molecule has 6 heteroatoms. The van der Waals surface area contributed by atoms with Crippen LogP contribution in [0.4, 0.5) is 0 Å². The Morgan fingerprint density at radius 1 is 1.00 bits per heavy atom. The number of fused-ring (bicyclic) bond motifs is 1. The first-order chi connectivity index (χ1) is 14.3. The molecule has 2 aromatic rings. The minimum Gasteiger partial charge on any atom is -0.345 e. The normalized spacial score (nSPS) is 24.8. The first kappa shape index (κ1) is 21.1. The molecule has 0 unspecified atom stereocenters. The minimum atomic E-state index is -3.54. The predicted octanol–water partition coefficient (Wildman–Crippen LogP) is 4.16. The Balaban J connectivity index is 1.48. The number of rotatable bonds is 4. The van der Waals surface area contributed by atoms with E-state index in [0.29, 0.717) is 30.5 Å². The Bertz CT molecular complexity index is 1010. The molecule has 1 aliphatic carbocycles. The summed E-state index contributed by atoms with van der Waals surface area (Å²) in [5, 5.41) is 3.13. The summed E-state index contributed by atoms with van der Waals surface area (Å²) in [5.41, 5.74) is 2.96. The third kappa shape index (κ3) is 4.30. The van der Waals surface area contributed by atoms with E-state index in [-0.39, 0.29) is 16.8 Å². The lowest BCUT2D eigenvalue weighted by atomic mass is 9.87. The number of carbonyl (C=O) groups is 1. The summed E-state index contributed by atoms with van der Waals surface area (Å²) in [5.74, 6) is 0.541. The summed E-state index contributed by atoms with van der Waals surface area (Å²) in [4.78, 5) is 13.1. The van der Waals surface area contributed by atoms with Crippen molar-refractivity contribution in [3.05, 3.63) is 65.2 Å². The number of nitrogens with one attached hydrogen (secondary N) is 1. The minimum absolute atomic E-state index is 0.00202. The largest absolute Gasteiger partial charge is 0.345 e. The van der Waals surface area contributed by atoms with E-state index < -0.39 is 10.0 Å². The van der Waals surface area contributed by atoms with Crippen molar-refractivity contribution in [1.82, 2.24) is 9.62 Å². The van der Waals surface area contributed by atoms with E-state index in [1.165, 1.54) is 11.1 Å². The summed E-state index contributed by atoms with van der Waals surface area (Å²) >= 11 is 0. The number of aryl methyl sites for hydroxylation is 1. The van der Waals surface area contributed by atoms with Gasteiger partial charge >= 0.3 is 0 Å². The van der Waals surface area contributed by atoms with Crippen LogP contribution in [0.2, 0.25) is 0 Å². The number of piperidine rings is 1. The SMILES string of the molecule is C[C@H]1C[C@H](C)CN(S(=O)(=O)c2ccc(C(=O)N[C@@H]3CCCc4ccccc43)cc2)C1. The fourth-order valence-electron chi connectivity index (χ4n) is 4.87. The smallest absolute Gasteiger partial charge is 0.251 e. The molecular weight excluding hydrogens is 396 g/mol. The van der Waals surface area contributed by atoms with E-state index in [1.807, 2.05) is 12.1 Å². The van der Waals surface area contributed by atoms with Crippen LogP contribution in [0.25, 0.3) is 0 Å². The molecular formula is C24H30N2O3S. The van der Waals surface area contributed by atoms with Gasteiger partial charge in [-0.2, -0.15) is 4.31 Å². The highest BCUT2D eigenvalue weighted by atomic mass is 32.2. The van der Waals surface area contributed by atoms with E-state index in [1.54, 1.807) is 28.6 Å². The van der Waals surface area contributed by atoms with Crippen molar-refractivity contribution < 1.29 is 13.2 Å². The van der Waals surface area contributed by atoms with Gasteiger partial charge in [-0.15, -0.1) is 0 Å². The molecule has 160 valence electrons. The maximum absolute atomic E-state index is 13.0. The Morgan fingerprint density at radius 3 is 2.37 bits per heavy atom. The number of benzene rings is 2. The number of sulfonamides is 1. The highest BCUT2D eigenvalue weighted by molar-refractivity contribution is 7.89. The zero-order valence-corrected chi connectivity index (χ0v) is 18.5. The first-order valence-electron chi connectivity index (χ1n) is 10.8. The molecule has 0 saturated carbocycles. The average molecular weight is 427 g/mol.